The number of amides is 1. The summed E-state index contributed by atoms with van der Waals surface area (Å²) in [5, 5.41) is 13.6. The molecule has 1 fully saturated rings. The van der Waals surface area contributed by atoms with Crippen molar-refractivity contribution in [3.05, 3.63) is 157 Å². The zero-order chi connectivity index (χ0) is 40.3. The van der Waals surface area contributed by atoms with Gasteiger partial charge in [-0.25, -0.2) is 9.78 Å². The van der Waals surface area contributed by atoms with Crippen LogP contribution in [0.1, 0.15) is 34.8 Å². The predicted molar refractivity (Wildman–Crippen MR) is 223 cm³/mol. The average molecular weight is 803 g/mol. The van der Waals surface area contributed by atoms with Crippen LogP contribution in [-0.4, -0.2) is 80.4 Å². The van der Waals surface area contributed by atoms with E-state index in [0.717, 1.165) is 15.9 Å². The number of ether oxygens (including phenoxy) is 3. The third kappa shape index (κ3) is 6.67. The molecule has 3 aromatic carbocycles. The summed E-state index contributed by atoms with van der Waals surface area (Å²) in [4.78, 5) is 55.7. The summed E-state index contributed by atoms with van der Waals surface area (Å²) in [5.74, 6) is -4.76. The van der Waals surface area contributed by atoms with Gasteiger partial charge in [0.15, 0.2) is 5.78 Å². The largest absolute Gasteiger partial charge is 0.457 e. The van der Waals surface area contributed by atoms with Gasteiger partial charge in [-0.15, -0.1) is 11.3 Å². The van der Waals surface area contributed by atoms with Crippen LogP contribution in [0.4, 0.5) is 0 Å². The number of fused-ring (bicyclic) bond motifs is 1. The standard InChI is InChI=1S/C44H43N4O7PS/c1-6-25-55-43(52)41(56(32-18-10-7-11-19-32,33-20-12-8-13-21-33)34-22-14-9-15-23-34)48-37(36(30(3)49)40(48)51)29(2)38(50)35-27-47-28-46-39(42(47)57-35)44(53-4,54-5)31-17-16-24-45-26-31/h6-24,26-30,36-37,49H,1,25H2,2-5H3/t29-,30-,36-,37-/m1/s1. The predicted octanol–water partition coefficient (Wildman–Crippen LogP) is 5.16. The molecule has 0 saturated carbocycles. The van der Waals surface area contributed by atoms with Crippen molar-refractivity contribution in [3.8, 4) is 0 Å². The molecule has 0 spiro atoms. The molecule has 292 valence electrons. The van der Waals surface area contributed by atoms with Crippen molar-refractivity contribution in [3.63, 3.8) is 0 Å². The van der Waals surface area contributed by atoms with E-state index in [1.54, 1.807) is 42.3 Å². The Morgan fingerprint density at radius 2 is 1.51 bits per heavy atom. The number of pyridine rings is 1. The molecule has 6 aromatic rings. The number of benzene rings is 3. The van der Waals surface area contributed by atoms with E-state index in [-0.39, 0.29) is 17.8 Å². The van der Waals surface area contributed by atoms with Crippen molar-refractivity contribution >= 4 is 62.0 Å². The Balaban J connectivity index is 1.44. The molecular formula is C44H43N4O7PS. The number of carbonyl (C=O) groups excluding carboxylic acids is 3. The maximum absolute atomic E-state index is 14.9. The quantitative estimate of drug-likeness (QED) is 0.0374. The minimum Gasteiger partial charge on any atom is -0.457 e. The van der Waals surface area contributed by atoms with Gasteiger partial charge in [-0.1, -0.05) is 117 Å². The molecular weight excluding hydrogens is 760 g/mol. The van der Waals surface area contributed by atoms with E-state index in [1.807, 2.05) is 97.1 Å². The maximum atomic E-state index is 14.9. The van der Waals surface area contributed by atoms with Crippen LogP contribution in [0.2, 0.25) is 0 Å². The first-order valence-corrected chi connectivity index (χ1v) is 21.0. The van der Waals surface area contributed by atoms with Crippen molar-refractivity contribution in [2.75, 3.05) is 20.8 Å². The molecule has 13 heteroatoms. The van der Waals surface area contributed by atoms with Crippen LogP contribution in [0.5, 0.6) is 0 Å². The topological polar surface area (TPSA) is 133 Å². The van der Waals surface area contributed by atoms with Gasteiger partial charge in [-0.05, 0) is 28.9 Å². The average Bonchev–Trinajstić information content (AvgIpc) is 3.85. The first-order valence-electron chi connectivity index (χ1n) is 18.4. The Kier molecular flexibility index (Phi) is 11.5. The van der Waals surface area contributed by atoms with E-state index in [9.17, 15) is 19.5 Å². The van der Waals surface area contributed by atoms with Gasteiger partial charge in [0, 0.05) is 51.2 Å². The normalized spacial score (nSPS) is 16.8. The highest BCUT2D eigenvalue weighted by molar-refractivity contribution is 7.96. The summed E-state index contributed by atoms with van der Waals surface area (Å²) in [5.41, 5.74) is 1.16. The van der Waals surface area contributed by atoms with Crippen molar-refractivity contribution in [2.24, 2.45) is 11.8 Å². The number of carbonyl (C=O) groups is 3. The van der Waals surface area contributed by atoms with Crippen molar-refractivity contribution in [1.82, 2.24) is 19.3 Å². The van der Waals surface area contributed by atoms with Crippen molar-refractivity contribution in [2.45, 2.75) is 31.8 Å². The smallest absolute Gasteiger partial charge is 0.356 e. The summed E-state index contributed by atoms with van der Waals surface area (Å²) in [7, 11) is 3.03. The Bertz CT molecular complexity index is 2350. The Hall–Kier alpha value is -5.49. The summed E-state index contributed by atoms with van der Waals surface area (Å²) < 4.78 is 19.5. The zero-order valence-corrected chi connectivity index (χ0v) is 33.7. The van der Waals surface area contributed by atoms with Gasteiger partial charge >= 0.3 is 5.97 Å². The van der Waals surface area contributed by atoms with Crippen LogP contribution < -0.4 is 15.9 Å². The SMILES string of the molecule is C=CCOC(=O)C(N1C(=O)[C@H]([C@@H](C)O)[C@H]1[C@@H](C)C(=O)c1cn2cnc(C(OC)(OC)c3cccnc3)c2s1)=P(c1ccccc1)(c1ccccc1)c1ccccc1. The number of aliphatic hydroxyl groups is 1. The van der Waals surface area contributed by atoms with E-state index in [1.165, 1.54) is 43.5 Å². The number of hydrogen-bond donors (Lipinski definition) is 1. The molecule has 3 aromatic heterocycles. The number of aromatic nitrogens is 3. The van der Waals surface area contributed by atoms with Gasteiger partial charge in [-0.2, -0.15) is 0 Å². The zero-order valence-electron chi connectivity index (χ0n) is 32.0. The molecule has 1 amide bonds. The lowest BCUT2D eigenvalue weighted by Gasteiger charge is -2.52. The molecule has 0 radical (unpaired) electrons. The minimum atomic E-state index is -3.25. The van der Waals surface area contributed by atoms with Gasteiger partial charge in [0.25, 0.3) is 0 Å². The number of nitrogens with zero attached hydrogens (tertiary/aromatic N) is 4. The number of methoxy groups -OCH3 is 2. The highest BCUT2D eigenvalue weighted by atomic mass is 32.1. The third-order valence-corrected chi connectivity index (χ3v) is 15.9. The highest BCUT2D eigenvalue weighted by Crippen LogP contribution is 2.51. The number of Topliss-reactive ketones (excluding diaryl/α,β-unsaturated/α-hetero) is 1. The number of likely N-dealkylation sites (tertiary alicyclic amines) is 1. The fourth-order valence-electron chi connectivity index (χ4n) is 7.89. The van der Waals surface area contributed by atoms with E-state index in [2.05, 4.69) is 16.5 Å². The van der Waals surface area contributed by atoms with Gasteiger partial charge in [0.1, 0.15) is 28.9 Å². The molecule has 1 aliphatic rings. The van der Waals surface area contributed by atoms with Crippen molar-refractivity contribution < 1.29 is 33.7 Å². The number of thiazole rings is 1. The van der Waals surface area contributed by atoms with Crippen LogP contribution in [0.25, 0.3) is 4.83 Å². The van der Waals surface area contributed by atoms with Crippen LogP contribution in [0.3, 0.4) is 0 Å². The lowest BCUT2D eigenvalue weighted by atomic mass is 9.75. The molecule has 1 aliphatic heterocycles. The number of esters is 1. The number of imidazole rings is 1. The summed E-state index contributed by atoms with van der Waals surface area (Å²) >= 11 is 1.21. The van der Waals surface area contributed by atoms with Gasteiger partial charge in [0.2, 0.25) is 11.7 Å². The molecule has 57 heavy (non-hydrogen) atoms. The summed E-state index contributed by atoms with van der Waals surface area (Å²) in [6.45, 7) is 3.67. The third-order valence-electron chi connectivity index (χ3n) is 10.5. The van der Waals surface area contributed by atoms with Gasteiger partial charge < -0.3 is 24.2 Å². The van der Waals surface area contributed by atoms with Crippen LogP contribution in [0, 0.1) is 11.8 Å². The molecule has 7 rings (SSSR count). The summed E-state index contributed by atoms with van der Waals surface area (Å²) in [6, 6.07) is 31.5. The monoisotopic (exact) mass is 802 g/mol. The molecule has 4 heterocycles. The van der Waals surface area contributed by atoms with E-state index in [0.29, 0.717) is 21.0 Å². The second kappa shape index (κ2) is 16.5. The van der Waals surface area contributed by atoms with Gasteiger partial charge in [0.05, 0.1) is 22.9 Å². The molecule has 11 nitrogen and oxygen atoms in total. The first-order chi connectivity index (χ1) is 27.6. The van der Waals surface area contributed by atoms with Crippen LogP contribution >= 0.6 is 18.2 Å². The summed E-state index contributed by atoms with van der Waals surface area (Å²) in [6.07, 6.45) is 6.90. The Labute approximate surface area is 335 Å². The van der Waals surface area contributed by atoms with Crippen LogP contribution in [-0.2, 0) is 29.6 Å². The molecule has 0 unspecified atom stereocenters. The van der Waals surface area contributed by atoms with Gasteiger partial charge in [-0.3, -0.25) is 19.0 Å². The minimum absolute atomic E-state index is 0.108. The number of β-lactam (4-membered cyclic amide) rings is 1. The highest BCUT2D eigenvalue weighted by Gasteiger charge is 2.58. The molecule has 1 N–H and O–H groups in total. The number of aliphatic hydroxyl groups excluding tert-OH is 1. The fourth-order valence-corrected chi connectivity index (χ4v) is 13.4. The van der Waals surface area contributed by atoms with Crippen molar-refractivity contribution in [1.29, 1.82) is 0 Å². The lowest BCUT2D eigenvalue weighted by molar-refractivity contribution is -0.185. The molecule has 4 atom stereocenters. The van der Waals surface area contributed by atoms with E-state index in [4.69, 9.17) is 14.2 Å². The second-order valence-electron chi connectivity index (χ2n) is 13.7. The van der Waals surface area contributed by atoms with E-state index < -0.39 is 48.5 Å². The Morgan fingerprint density at radius 1 is 0.930 bits per heavy atom. The molecule has 1 saturated heterocycles. The lowest BCUT2D eigenvalue weighted by Crippen LogP contribution is -2.70. The van der Waals surface area contributed by atoms with E-state index >= 15 is 0 Å². The first kappa shape index (κ1) is 39.7. The number of rotatable bonds is 15. The molecule has 0 bridgehead atoms. The number of hydrogen-bond acceptors (Lipinski definition) is 10. The number of ketones is 1. The second-order valence-corrected chi connectivity index (χ2v) is 18.0. The fraction of sp³-hybridized carbons (Fsp3) is 0.227. The Morgan fingerprint density at radius 3 is 2.00 bits per heavy atom. The van der Waals surface area contributed by atoms with Crippen LogP contribution in [0.15, 0.2) is 141 Å². The maximum Gasteiger partial charge on any atom is 0.356 e. The molecule has 0 aliphatic carbocycles.